The molecular formula is C16H21NO8. The number of aliphatic hydroxyl groups is 3. The summed E-state index contributed by atoms with van der Waals surface area (Å²) in [6.45, 7) is 0.694. The summed E-state index contributed by atoms with van der Waals surface area (Å²) in [7, 11) is 1.39. The quantitative estimate of drug-likeness (QED) is 0.469. The van der Waals surface area contributed by atoms with Crippen LogP contribution in [0.5, 0.6) is 11.5 Å². The Hall–Kier alpha value is -2.20. The first-order valence-corrected chi connectivity index (χ1v) is 7.60. The summed E-state index contributed by atoms with van der Waals surface area (Å²) < 4.78 is 16.3. The average molecular weight is 355 g/mol. The summed E-state index contributed by atoms with van der Waals surface area (Å²) in [5.74, 6) is -0.0103. The Morgan fingerprint density at radius 1 is 1.32 bits per heavy atom. The zero-order chi connectivity index (χ0) is 18.6. The molecule has 1 fully saturated rings. The van der Waals surface area contributed by atoms with Crippen molar-refractivity contribution in [3.05, 3.63) is 23.8 Å². The van der Waals surface area contributed by atoms with E-state index in [2.05, 4.69) is 5.32 Å². The van der Waals surface area contributed by atoms with Gasteiger partial charge in [0.25, 0.3) is 0 Å². The van der Waals surface area contributed by atoms with Crippen LogP contribution < -0.4 is 14.8 Å². The van der Waals surface area contributed by atoms with Crippen molar-refractivity contribution in [2.24, 2.45) is 0 Å². The maximum atomic E-state index is 11.4. The number of aliphatic hydroxyl groups excluding tert-OH is 3. The van der Waals surface area contributed by atoms with Gasteiger partial charge in [-0.3, -0.25) is 9.59 Å². The molecular weight excluding hydrogens is 334 g/mol. The Labute approximate surface area is 144 Å². The molecule has 1 heterocycles. The Morgan fingerprint density at radius 3 is 2.60 bits per heavy atom. The first kappa shape index (κ1) is 19.1. The minimum absolute atomic E-state index is 0.203. The number of nitrogens with one attached hydrogen (secondary N) is 1. The van der Waals surface area contributed by atoms with Crippen LogP contribution in [0.25, 0.3) is 0 Å². The predicted molar refractivity (Wildman–Crippen MR) is 84.4 cm³/mol. The van der Waals surface area contributed by atoms with Gasteiger partial charge in [0.1, 0.15) is 30.6 Å². The monoisotopic (exact) mass is 355 g/mol. The zero-order valence-electron chi connectivity index (χ0n) is 13.8. The van der Waals surface area contributed by atoms with Gasteiger partial charge in [-0.2, -0.15) is 0 Å². The zero-order valence-corrected chi connectivity index (χ0v) is 13.8. The van der Waals surface area contributed by atoms with Gasteiger partial charge in [0.15, 0.2) is 11.5 Å². The molecule has 1 aromatic rings. The molecule has 5 atom stereocenters. The van der Waals surface area contributed by atoms with E-state index in [0.717, 1.165) is 0 Å². The van der Waals surface area contributed by atoms with Crippen molar-refractivity contribution in [1.82, 2.24) is 5.32 Å². The number of hydrogen-bond donors (Lipinski definition) is 4. The molecule has 138 valence electrons. The highest BCUT2D eigenvalue weighted by molar-refractivity contribution is 5.76. The van der Waals surface area contributed by atoms with E-state index in [1.54, 1.807) is 0 Å². The van der Waals surface area contributed by atoms with Gasteiger partial charge in [0.05, 0.1) is 13.7 Å². The fraction of sp³-hybridized carbons (Fsp3) is 0.500. The Balaban J connectivity index is 2.29. The highest BCUT2D eigenvalue weighted by Gasteiger charge is 2.46. The number of rotatable bonds is 6. The van der Waals surface area contributed by atoms with Crippen molar-refractivity contribution in [2.45, 2.75) is 37.6 Å². The summed E-state index contributed by atoms with van der Waals surface area (Å²) in [6, 6.07) is 3.34. The van der Waals surface area contributed by atoms with Crippen molar-refractivity contribution < 1.29 is 39.1 Å². The molecule has 9 nitrogen and oxygen atoms in total. The third-order valence-electron chi connectivity index (χ3n) is 3.82. The molecule has 9 heteroatoms. The largest absolute Gasteiger partial charge is 0.493 e. The van der Waals surface area contributed by atoms with Crippen LogP contribution in [0.15, 0.2) is 18.2 Å². The van der Waals surface area contributed by atoms with Crippen LogP contribution in [-0.2, 0) is 9.53 Å². The summed E-state index contributed by atoms with van der Waals surface area (Å²) in [4.78, 5) is 22.2. The minimum atomic E-state index is -1.42. The van der Waals surface area contributed by atoms with Crippen LogP contribution in [0.4, 0.5) is 0 Å². The molecule has 1 aliphatic rings. The highest BCUT2D eigenvalue weighted by Crippen LogP contribution is 2.31. The number of hydrogen-bond acceptors (Lipinski definition) is 8. The van der Waals surface area contributed by atoms with E-state index in [1.165, 1.54) is 32.2 Å². The first-order chi connectivity index (χ1) is 11.9. The van der Waals surface area contributed by atoms with Gasteiger partial charge in [-0.25, -0.2) is 0 Å². The number of carbonyl (C=O) groups excluding carboxylic acids is 2. The van der Waals surface area contributed by atoms with Gasteiger partial charge < -0.3 is 34.8 Å². The Kier molecular flexibility index (Phi) is 6.32. The fourth-order valence-electron chi connectivity index (χ4n) is 2.55. The van der Waals surface area contributed by atoms with Crippen molar-refractivity contribution in [2.75, 3.05) is 13.7 Å². The van der Waals surface area contributed by atoms with Crippen LogP contribution in [-0.4, -0.2) is 71.9 Å². The first-order valence-electron chi connectivity index (χ1n) is 7.60. The predicted octanol–water partition coefficient (Wildman–Crippen LogP) is -1.17. The lowest BCUT2D eigenvalue weighted by atomic mass is 9.97. The van der Waals surface area contributed by atoms with E-state index in [9.17, 15) is 24.9 Å². The Bertz CT molecular complexity index is 622. The number of ether oxygens (including phenoxy) is 3. The van der Waals surface area contributed by atoms with E-state index >= 15 is 0 Å². The third kappa shape index (κ3) is 4.26. The number of aldehydes is 1. The molecule has 0 bridgehead atoms. The van der Waals surface area contributed by atoms with Crippen molar-refractivity contribution in [3.8, 4) is 11.5 Å². The van der Waals surface area contributed by atoms with Crippen LogP contribution in [0.1, 0.15) is 17.3 Å². The van der Waals surface area contributed by atoms with Crippen LogP contribution in [0.3, 0.4) is 0 Å². The van der Waals surface area contributed by atoms with Gasteiger partial charge >= 0.3 is 0 Å². The number of benzene rings is 1. The highest BCUT2D eigenvalue weighted by atomic mass is 16.7. The molecule has 25 heavy (non-hydrogen) atoms. The second-order valence-corrected chi connectivity index (χ2v) is 5.58. The summed E-state index contributed by atoms with van der Waals surface area (Å²) in [5.41, 5.74) is 0.371. The van der Waals surface area contributed by atoms with Crippen LogP contribution >= 0.6 is 0 Å². The molecule has 2 rings (SSSR count). The lowest BCUT2D eigenvalue weighted by Gasteiger charge is -2.42. The average Bonchev–Trinajstić information content (AvgIpc) is 2.61. The number of amides is 1. The molecule has 1 saturated heterocycles. The maximum Gasteiger partial charge on any atom is 0.223 e. The van der Waals surface area contributed by atoms with E-state index in [0.29, 0.717) is 11.8 Å². The normalized spacial score (nSPS) is 28.9. The smallest absolute Gasteiger partial charge is 0.223 e. The fourth-order valence-corrected chi connectivity index (χ4v) is 2.55. The van der Waals surface area contributed by atoms with E-state index in [-0.39, 0.29) is 11.5 Å². The summed E-state index contributed by atoms with van der Waals surface area (Å²) in [5, 5.41) is 32.0. The maximum absolute atomic E-state index is 11.4. The van der Waals surface area contributed by atoms with Crippen LogP contribution in [0.2, 0.25) is 0 Å². The van der Waals surface area contributed by atoms with E-state index in [1.807, 2.05) is 0 Å². The second-order valence-electron chi connectivity index (χ2n) is 5.58. The molecule has 0 spiro atoms. The topological polar surface area (TPSA) is 135 Å². The van der Waals surface area contributed by atoms with Crippen molar-refractivity contribution >= 4 is 12.2 Å². The SMILES string of the molecule is COc1cc(C=O)ccc1O[C@H]1O[C@@H](CO)[C@@H](O)[C@@H](O)[C@@H]1NC(C)=O. The summed E-state index contributed by atoms with van der Waals surface area (Å²) >= 11 is 0. The standard InChI is InChI=1S/C16H21NO8/c1-8(20)17-13-15(22)14(21)12(7-19)25-16(13)24-10-4-3-9(6-18)5-11(10)23-2/h3-6,12-16,19,21-22H,7H2,1-2H3,(H,17,20)/t12-,13-,14+,15-,16-/m0/s1. The van der Waals surface area contributed by atoms with Gasteiger partial charge in [0, 0.05) is 12.5 Å². The number of methoxy groups -OCH3 is 1. The molecule has 0 radical (unpaired) electrons. The third-order valence-corrected chi connectivity index (χ3v) is 3.82. The second kappa shape index (κ2) is 8.26. The minimum Gasteiger partial charge on any atom is -0.493 e. The molecule has 1 aliphatic heterocycles. The Morgan fingerprint density at radius 2 is 2.04 bits per heavy atom. The molecule has 0 aromatic heterocycles. The molecule has 1 amide bonds. The van der Waals surface area contributed by atoms with E-state index in [4.69, 9.17) is 14.2 Å². The van der Waals surface area contributed by atoms with Gasteiger partial charge in [0.2, 0.25) is 12.2 Å². The lowest BCUT2D eigenvalue weighted by Crippen LogP contribution is -2.65. The molecule has 4 N–H and O–H groups in total. The summed E-state index contributed by atoms with van der Waals surface area (Å²) in [6.07, 6.45) is -4.47. The van der Waals surface area contributed by atoms with Crippen molar-refractivity contribution in [3.63, 3.8) is 0 Å². The van der Waals surface area contributed by atoms with Gasteiger partial charge in [-0.05, 0) is 18.2 Å². The van der Waals surface area contributed by atoms with Gasteiger partial charge in [-0.15, -0.1) is 0 Å². The molecule has 1 aromatic carbocycles. The molecule has 0 aliphatic carbocycles. The van der Waals surface area contributed by atoms with Gasteiger partial charge in [-0.1, -0.05) is 0 Å². The van der Waals surface area contributed by atoms with E-state index < -0.39 is 43.2 Å². The van der Waals surface area contributed by atoms with Crippen LogP contribution in [0, 0.1) is 0 Å². The lowest BCUT2D eigenvalue weighted by molar-refractivity contribution is -0.244. The number of carbonyl (C=O) groups is 2. The van der Waals surface area contributed by atoms with Crippen molar-refractivity contribution in [1.29, 1.82) is 0 Å². The molecule has 0 saturated carbocycles. The molecule has 0 unspecified atom stereocenters.